The van der Waals surface area contributed by atoms with Gasteiger partial charge in [0, 0.05) is 18.8 Å². The molecule has 6 atom stereocenters. The number of carbonyl (C=O) groups is 2. The van der Waals surface area contributed by atoms with Crippen molar-refractivity contribution >= 4 is 11.8 Å². The molecular weight excluding hydrogens is 312 g/mol. The zero-order valence-corrected chi connectivity index (χ0v) is 16.2. The molecule has 0 spiro atoms. The Morgan fingerprint density at radius 1 is 1.04 bits per heavy atom. The molecule has 3 heteroatoms. The van der Waals surface area contributed by atoms with Crippen LogP contribution in [0.2, 0.25) is 0 Å². The fraction of sp³-hybridized carbons (Fsp3) is 0.818. The van der Waals surface area contributed by atoms with Crippen LogP contribution in [0.1, 0.15) is 79.1 Å². The van der Waals surface area contributed by atoms with Crippen molar-refractivity contribution in [2.45, 2.75) is 85.2 Å². The summed E-state index contributed by atoms with van der Waals surface area (Å²) in [5.41, 5.74) is 2.93. The average Bonchev–Trinajstić information content (AvgIpc) is 2.88. The van der Waals surface area contributed by atoms with Gasteiger partial charge in [0.2, 0.25) is 0 Å². The predicted molar refractivity (Wildman–Crippen MR) is 96.9 cm³/mol. The summed E-state index contributed by atoms with van der Waals surface area (Å²) in [6, 6.07) is 0. The Bertz CT molecular complexity index is 648. The Kier molecular flexibility index (Phi) is 3.94. The van der Waals surface area contributed by atoms with E-state index in [1.807, 2.05) is 0 Å². The molecule has 0 aromatic heterocycles. The van der Waals surface area contributed by atoms with E-state index >= 15 is 0 Å². The standard InChI is InChI=1S/C22H32O3/c1-13-16-6-5-15-17-7-8-20(25-14(2)23)22(17,4)11-9-18(15)21(16,3)12-10-19(13)24/h15,17-18,20H,5-12H2,1-4H3/t15-,17-,18-,20-,21-,22-/m0/s1. The van der Waals surface area contributed by atoms with Crippen LogP contribution < -0.4 is 0 Å². The molecule has 4 aliphatic rings. The zero-order chi connectivity index (χ0) is 18.0. The van der Waals surface area contributed by atoms with Crippen LogP contribution in [0.3, 0.4) is 0 Å². The molecule has 25 heavy (non-hydrogen) atoms. The highest BCUT2D eigenvalue weighted by Gasteiger charge is 2.60. The van der Waals surface area contributed by atoms with Gasteiger partial charge in [-0.15, -0.1) is 0 Å². The van der Waals surface area contributed by atoms with E-state index in [1.54, 1.807) is 6.92 Å². The van der Waals surface area contributed by atoms with Crippen LogP contribution in [-0.2, 0) is 14.3 Å². The van der Waals surface area contributed by atoms with Crippen molar-refractivity contribution in [3.63, 3.8) is 0 Å². The number of rotatable bonds is 1. The minimum Gasteiger partial charge on any atom is -0.462 e. The zero-order valence-electron chi connectivity index (χ0n) is 16.2. The lowest BCUT2D eigenvalue weighted by Crippen LogP contribution is -2.52. The van der Waals surface area contributed by atoms with Crippen molar-refractivity contribution in [2.75, 3.05) is 0 Å². The fourth-order valence-electron chi connectivity index (χ4n) is 7.33. The number of Topliss-reactive ketones (excluding diaryl/α,β-unsaturated/α-hetero) is 1. The predicted octanol–water partition coefficient (Wildman–Crippen LogP) is 4.84. The van der Waals surface area contributed by atoms with Gasteiger partial charge in [-0.25, -0.2) is 0 Å². The maximum absolute atomic E-state index is 12.2. The van der Waals surface area contributed by atoms with E-state index in [4.69, 9.17) is 4.74 Å². The van der Waals surface area contributed by atoms with Crippen molar-refractivity contribution < 1.29 is 14.3 Å². The van der Waals surface area contributed by atoms with Gasteiger partial charge in [-0.3, -0.25) is 9.59 Å². The Balaban J connectivity index is 1.65. The summed E-state index contributed by atoms with van der Waals surface area (Å²) >= 11 is 0. The summed E-state index contributed by atoms with van der Waals surface area (Å²) in [5, 5.41) is 0. The van der Waals surface area contributed by atoms with Gasteiger partial charge in [0.1, 0.15) is 6.10 Å². The third-order valence-electron chi connectivity index (χ3n) is 8.64. The Morgan fingerprint density at radius 3 is 2.52 bits per heavy atom. The van der Waals surface area contributed by atoms with E-state index in [0.29, 0.717) is 17.6 Å². The molecule has 0 aromatic rings. The summed E-state index contributed by atoms with van der Waals surface area (Å²) < 4.78 is 5.73. The van der Waals surface area contributed by atoms with Crippen LogP contribution in [0.5, 0.6) is 0 Å². The highest BCUT2D eigenvalue weighted by atomic mass is 16.5. The van der Waals surface area contributed by atoms with E-state index in [1.165, 1.54) is 24.8 Å². The van der Waals surface area contributed by atoms with E-state index < -0.39 is 0 Å². The van der Waals surface area contributed by atoms with Gasteiger partial charge >= 0.3 is 5.97 Å². The number of allylic oxidation sites excluding steroid dienone is 1. The second kappa shape index (κ2) is 5.69. The van der Waals surface area contributed by atoms with Crippen molar-refractivity contribution in [2.24, 2.45) is 28.6 Å². The third-order valence-corrected chi connectivity index (χ3v) is 8.64. The number of hydrogen-bond donors (Lipinski definition) is 0. The van der Waals surface area contributed by atoms with Crippen molar-refractivity contribution in [1.29, 1.82) is 0 Å². The summed E-state index contributed by atoms with van der Waals surface area (Å²) in [5.74, 6) is 2.35. The first-order chi connectivity index (χ1) is 11.8. The van der Waals surface area contributed by atoms with Crippen molar-refractivity contribution in [1.82, 2.24) is 0 Å². The Hall–Kier alpha value is -1.12. The van der Waals surface area contributed by atoms with Crippen LogP contribution in [0.15, 0.2) is 11.1 Å². The van der Waals surface area contributed by atoms with E-state index in [-0.39, 0.29) is 22.9 Å². The second-order valence-electron chi connectivity index (χ2n) is 9.58. The van der Waals surface area contributed by atoms with Gasteiger partial charge in [0.05, 0.1) is 0 Å². The monoisotopic (exact) mass is 344 g/mol. The smallest absolute Gasteiger partial charge is 0.302 e. The molecule has 3 fully saturated rings. The molecule has 0 saturated heterocycles. The van der Waals surface area contributed by atoms with E-state index in [0.717, 1.165) is 43.6 Å². The molecule has 0 aliphatic heterocycles. The number of carbonyl (C=O) groups excluding carboxylic acids is 2. The highest BCUT2D eigenvalue weighted by molar-refractivity contribution is 5.96. The highest BCUT2D eigenvalue weighted by Crippen LogP contribution is 2.66. The minimum absolute atomic E-state index is 0.107. The van der Waals surface area contributed by atoms with Gasteiger partial charge in [-0.1, -0.05) is 19.4 Å². The molecular formula is C22H32O3. The van der Waals surface area contributed by atoms with Crippen LogP contribution in [0.25, 0.3) is 0 Å². The Labute approximate surface area is 151 Å². The van der Waals surface area contributed by atoms with E-state index in [2.05, 4.69) is 20.8 Å². The maximum atomic E-state index is 12.2. The molecule has 0 radical (unpaired) electrons. The lowest BCUT2D eigenvalue weighted by Gasteiger charge is -2.58. The molecule has 3 nitrogen and oxygen atoms in total. The lowest BCUT2D eigenvalue weighted by atomic mass is 9.47. The van der Waals surface area contributed by atoms with Crippen LogP contribution in [0, 0.1) is 28.6 Å². The molecule has 4 rings (SSSR count). The van der Waals surface area contributed by atoms with Gasteiger partial charge in [-0.2, -0.15) is 0 Å². The van der Waals surface area contributed by atoms with E-state index in [9.17, 15) is 9.59 Å². The molecule has 138 valence electrons. The first kappa shape index (κ1) is 17.3. The van der Waals surface area contributed by atoms with Crippen LogP contribution in [0.4, 0.5) is 0 Å². The number of ketones is 1. The number of esters is 1. The minimum atomic E-state index is -0.128. The molecule has 4 aliphatic carbocycles. The molecule has 0 N–H and O–H groups in total. The fourth-order valence-corrected chi connectivity index (χ4v) is 7.33. The number of ether oxygens (including phenoxy) is 1. The lowest BCUT2D eigenvalue weighted by molar-refractivity contribution is -0.157. The number of fused-ring (bicyclic) bond motifs is 5. The average molecular weight is 344 g/mol. The van der Waals surface area contributed by atoms with Gasteiger partial charge < -0.3 is 4.74 Å². The van der Waals surface area contributed by atoms with Gasteiger partial charge in [0.15, 0.2) is 5.78 Å². The molecule has 0 bridgehead atoms. The third kappa shape index (κ3) is 2.37. The second-order valence-corrected chi connectivity index (χ2v) is 9.58. The van der Waals surface area contributed by atoms with Gasteiger partial charge in [0.25, 0.3) is 0 Å². The Morgan fingerprint density at radius 2 is 1.80 bits per heavy atom. The topological polar surface area (TPSA) is 43.4 Å². The molecule has 3 saturated carbocycles. The van der Waals surface area contributed by atoms with Crippen LogP contribution in [-0.4, -0.2) is 17.9 Å². The first-order valence-electron chi connectivity index (χ1n) is 10.2. The summed E-state index contributed by atoms with van der Waals surface area (Å²) in [4.78, 5) is 23.8. The SMILES string of the molecule is CC(=O)O[C@H]1CC[C@H]2[C@@H]3CCC4=C(C)C(=O)CC[C@]4(C)[C@H]3CC[C@]12C. The molecule has 0 heterocycles. The maximum Gasteiger partial charge on any atom is 0.302 e. The summed E-state index contributed by atoms with van der Waals surface area (Å²) in [6.45, 7) is 8.42. The molecule has 0 aromatic carbocycles. The quantitative estimate of drug-likeness (QED) is 0.639. The van der Waals surface area contributed by atoms with Crippen LogP contribution >= 0.6 is 0 Å². The first-order valence-corrected chi connectivity index (χ1v) is 10.2. The normalized spacial score (nSPS) is 46.3. The van der Waals surface area contributed by atoms with Crippen molar-refractivity contribution in [3.05, 3.63) is 11.1 Å². The largest absolute Gasteiger partial charge is 0.462 e. The molecule has 0 amide bonds. The molecule has 0 unspecified atom stereocenters. The van der Waals surface area contributed by atoms with Gasteiger partial charge in [-0.05, 0) is 80.6 Å². The number of hydrogen-bond acceptors (Lipinski definition) is 3. The summed E-state index contributed by atoms with van der Waals surface area (Å²) in [7, 11) is 0. The summed E-state index contributed by atoms with van der Waals surface area (Å²) in [6.07, 6.45) is 8.79. The van der Waals surface area contributed by atoms with Crippen molar-refractivity contribution in [3.8, 4) is 0 Å².